The summed E-state index contributed by atoms with van der Waals surface area (Å²) in [6.07, 6.45) is 4.30. The summed E-state index contributed by atoms with van der Waals surface area (Å²) in [7, 11) is 0. The lowest BCUT2D eigenvalue weighted by molar-refractivity contribution is -0.136. The molecule has 138 valence electrons. The topological polar surface area (TPSA) is 58.6 Å². The van der Waals surface area contributed by atoms with Crippen LogP contribution in [0.5, 0.6) is 5.75 Å². The Bertz CT molecular complexity index is 614. The molecule has 0 spiro atoms. The summed E-state index contributed by atoms with van der Waals surface area (Å²) in [6.45, 7) is -2.34. The summed E-state index contributed by atoms with van der Waals surface area (Å²) in [5.41, 5.74) is 0.432. The molecule has 0 unspecified atom stereocenters. The third-order valence-electron chi connectivity index (χ3n) is 3.97. The molecule has 2 amide bonds. The van der Waals surface area contributed by atoms with Gasteiger partial charge in [-0.3, -0.25) is 9.59 Å². The SMILES string of the molecule is O=C(CN1CCCCCCC1=O)NCc1cc(Br)ccc1OC(F)F. The molecule has 1 fully saturated rings. The van der Waals surface area contributed by atoms with Gasteiger partial charge in [0.05, 0.1) is 6.54 Å². The van der Waals surface area contributed by atoms with E-state index in [1.165, 1.54) is 6.07 Å². The van der Waals surface area contributed by atoms with E-state index in [1.807, 2.05) is 0 Å². The maximum absolute atomic E-state index is 12.5. The van der Waals surface area contributed by atoms with Crippen LogP contribution < -0.4 is 10.1 Å². The van der Waals surface area contributed by atoms with Crippen LogP contribution in [0.2, 0.25) is 0 Å². The van der Waals surface area contributed by atoms with Crippen molar-refractivity contribution in [3.8, 4) is 5.75 Å². The molecule has 8 heteroatoms. The average molecular weight is 419 g/mol. The predicted molar refractivity (Wildman–Crippen MR) is 92.3 cm³/mol. The van der Waals surface area contributed by atoms with Gasteiger partial charge in [0.1, 0.15) is 5.75 Å². The van der Waals surface area contributed by atoms with Crippen molar-refractivity contribution in [2.24, 2.45) is 0 Å². The number of ether oxygens (including phenoxy) is 1. The first-order chi connectivity index (χ1) is 12.0. The van der Waals surface area contributed by atoms with Gasteiger partial charge in [-0.15, -0.1) is 0 Å². The Morgan fingerprint density at radius 1 is 1.28 bits per heavy atom. The zero-order chi connectivity index (χ0) is 18.2. The number of benzene rings is 1. The highest BCUT2D eigenvalue weighted by atomic mass is 79.9. The van der Waals surface area contributed by atoms with Crippen LogP contribution in [-0.4, -0.2) is 36.4 Å². The molecule has 1 aromatic carbocycles. The zero-order valence-corrected chi connectivity index (χ0v) is 15.4. The number of nitrogens with zero attached hydrogens (tertiary/aromatic N) is 1. The lowest BCUT2D eigenvalue weighted by atomic mass is 10.1. The number of carbonyl (C=O) groups excluding carboxylic acids is 2. The number of hydrogen-bond acceptors (Lipinski definition) is 3. The molecule has 1 aliphatic rings. The van der Waals surface area contributed by atoms with Gasteiger partial charge in [-0.25, -0.2) is 0 Å². The van der Waals surface area contributed by atoms with E-state index >= 15 is 0 Å². The van der Waals surface area contributed by atoms with Gasteiger partial charge in [0, 0.05) is 29.5 Å². The summed E-state index contributed by atoms with van der Waals surface area (Å²) in [6, 6.07) is 4.61. The van der Waals surface area contributed by atoms with E-state index in [9.17, 15) is 18.4 Å². The lowest BCUT2D eigenvalue weighted by Crippen LogP contribution is -2.41. The standard InChI is InChI=1S/C17H21BrF2N2O3/c18-13-6-7-14(25-17(19)20)12(9-13)10-21-15(23)11-22-8-4-2-1-3-5-16(22)24/h6-7,9,17H,1-5,8,10-11H2,(H,21,23). The average Bonchev–Trinajstić information content (AvgIpc) is 2.54. The fourth-order valence-electron chi connectivity index (χ4n) is 2.70. The smallest absolute Gasteiger partial charge is 0.387 e. The van der Waals surface area contributed by atoms with Crippen molar-refractivity contribution in [2.75, 3.05) is 13.1 Å². The lowest BCUT2D eigenvalue weighted by Gasteiger charge is -2.24. The Balaban J connectivity index is 1.92. The van der Waals surface area contributed by atoms with Gasteiger partial charge in [-0.05, 0) is 31.0 Å². The van der Waals surface area contributed by atoms with Crippen LogP contribution >= 0.6 is 15.9 Å². The molecule has 0 bridgehead atoms. The first-order valence-electron chi connectivity index (χ1n) is 8.23. The van der Waals surface area contributed by atoms with Crippen LogP contribution in [-0.2, 0) is 16.1 Å². The molecular weight excluding hydrogens is 398 g/mol. The van der Waals surface area contributed by atoms with Crippen LogP contribution in [0, 0.1) is 0 Å². The highest BCUT2D eigenvalue weighted by Gasteiger charge is 2.18. The van der Waals surface area contributed by atoms with Crippen molar-refractivity contribution >= 4 is 27.7 Å². The van der Waals surface area contributed by atoms with Crippen molar-refractivity contribution < 1.29 is 23.1 Å². The van der Waals surface area contributed by atoms with Crippen LogP contribution in [0.3, 0.4) is 0 Å². The molecule has 1 N–H and O–H groups in total. The number of nitrogens with one attached hydrogen (secondary N) is 1. The Morgan fingerprint density at radius 2 is 2.04 bits per heavy atom. The minimum atomic E-state index is -2.94. The van der Waals surface area contributed by atoms with E-state index < -0.39 is 6.61 Å². The Kier molecular flexibility index (Phi) is 7.61. The molecular formula is C17H21BrF2N2O3. The van der Waals surface area contributed by atoms with Crippen LogP contribution in [0.4, 0.5) is 8.78 Å². The Labute approximate surface area is 153 Å². The fraction of sp³-hybridized carbons (Fsp3) is 0.529. The number of amides is 2. The van der Waals surface area contributed by atoms with Gasteiger partial charge in [-0.1, -0.05) is 28.8 Å². The van der Waals surface area contributed by atoms with Gasteiger partial charge in [0.2, 0.25) is 11.8 Å². The first-order valence-corrected chi connectivity index (χ1v) is 9.02. The second-order valence-corrected chi connectivity index (χ2v) is 6.80. The van der Waals surface area contributed by atoms with Crippen molar-refractivity contribution in [2.45, 2.75) is 45.3 Å². The van der Waals surface area contributed by atoms with Gasteiger partial charge >= 0.3 is 6.61 Å². The van der Waals surface area contributed by atoms with E-state index in [4.69, 9.17) is 0 Å². The number of rotatable bonds is 6. The molecule has 0 aromatic heterocycles. The van der Waals surface area contributed by atoms with E-state index in [-0.39, 0.29) is 30.7 Å². The van der Waals surface area contributed by atoms with Crippen LogP contribution in [0.1, 0.15) is 37.7 Å². The third-order valence-corrected chi connectivity index (χ3v) is 4.46. The summed E-state index contributed by atoms with van der Waals surface area (Å²) < 4.78 is 30.1. The Morgan fingerprint density at radius 3 is 2.80 bits per heavy atom. The molecule has 1 heterocycles. The molecule has 25 heavy (non-hydrogen) atoms. The summed E-state index contributed by atoms with van der Waals surface area (Å²) >= 11 is 3.26. The molecule has 0 saturated carbocycles. The number of halogens is 3. The molecule has 0 aliphatic carbocycles. The minimum absolute atomic E-state index is 0.0147. The van der Waals surface area contributed by atoms with Crippen molar-refractivity contribution in [1.82, 2.24) is 10.2 Å². The highest BCUT2D eigenvalue weighted by Crippen LogP contribution is 2.24. The zero-order valence-electron chi connectivity index (χ0n) is 13.8. The number of hydrogen-bond donors (Lipinski definition) is 1. The number of carbonyl (C=O) groups is 2. The molecule has 1 aromatic rings. The van der Waals surface area contributed by atoms with E-state index in [0.717, 1.165) is 25.7 Å². The van der Waals surface area contributed by atoms with Crippen LogP contribution in [0.25, 0.3) is 0 Å². The van der Waals surface area contributed by atoms with Gasteiger partial charge in [0.25, 0.3) is 0 Å². The maximum atomic E-state index is 12.5. The summed E-state index contributed by atoms with van der Waals surface area (Å²) in [4.78, 5) is 25.7. The number of likely N-dealkylation sites (tertiary alicyclic amines) is 1. The molecule has 1 aliphatic heterocycles. The number of alkyl halides is 2. The summed E-state index contributed by atoms with van der Waals surface area (Å²) in [5, 5.41) is 2.67. The molecule has 0 radical (unpaired) electrons. The molecule has 1 saturated heterocycles. The van der Waals surface area contributed by atoms with E-state index in [1.54, 1.807) is 17.0 Å². The van der Waals surface area contributed by atoms with Crippen molar-refractivity contribution in [3.05, 3.63) is 28.2 Å². The molecule has 2 rings (SSSR count). The van der Waals surface area contributed by atoms with E-state index in [0.29, 0.717) is 23.0 Å². The second kappa shape index (κ2) is 9.70. The summed E-state index contributed by atoms with van der Waals surface area (Å²) in [5.74, 6) is -0.322. The van der Waals surface area contributed by atoms with Gasteiger partial charge in [0.15, 0.2) is 0 Å². The van der Waals surface area contributed by atoms with Crippen molar-refractivity contribution in [3.63, 3.8) is 0 Å². The largest absolute Gasteiger partial charge is 0.434 e. The van der Waals surface area contributed by atoms with Gasteiger partial charge in [-0.2, -0.15) is 8.78 Å². The predicted octanol–water partition coefficient (Wildman–Crippen LogP) is 3.46. The third kappa shape index (κ3) is 6.61. The molecule has 0 atom stereocenters. The normalized spacial score (nSPS) is 15.7. The first kappa shape index (κ1) is 19.6. The van der Waals surface area contributed by atoms with Crippen molar-refractivity contribution in [1.29, 1.82) is 0 Å². The van der Waals surface area contributed by atoms with Gasteiger partial charge < -0.3 is 15.0 Å². The molecule has 5 nitrogen and oxygen atoms in total. The Hall–Kier alpha value is -1.70. The van der Waals surface area contributed by atoms with Crippen LogP contribution in [0.15, 0.2) is 22.7 Å². The second-order valence-electron chi connectivity index (χ2n) is 5.89. The fourth-order valence-corrected chi connectivity index (χ4v) is 3.11. The quantitative estimate of drug-likeness (QED) is 0.769. The highest BCUT2D eigenvalue weighted by molar-refractivity contribution is 9.10. The maximum Gasteiger partial charge on any atom is 0.387 e. The monoisotopic (exact) mass is 418 g/mol. The van der Waals surface area contributed by atoms with E-state index in [2.05, 4.69) is 26.0 Å². The minimum Gasteiger partial charge on any atom is -0.434 e.